The molecule has 0 saturated carbocycles. The van der Waals surface area contributed by atoms with Crippen LogP contribution in [0.3, 0.4) is 0 Å². The molecule has 2 nitrogen and oxygen atoms in total. The van der Waals surface area contributed by atoms with E-state index in [1.807, 2.05) is 38.1 Å². The number of hydrogen-bond acceptors (Lipinski definition) is 2. The lowest BCUT2D eigenvalue weighted by Crippen LogP contribution is -2.04. The number of aryl methyl sites for hydroxylation is 1. The van der Waals surface area contributed by atoms with Crippen LogP contribution in [-0.2, 0) is 0 Å². The van der Waals surface area contributed by atoms with E-state index in [0.717, 1.165) is 5.75 Å². The largest absolute Gasteiger partial charge is 0.444 e. The molecule has 0 radical (unpaired) electrons. The number of ether oxygens (including phenoxy) is 1. The monoisotopic (exact) mass is 163 g/mol. The SMILES string of the molecule is CCC(=N)Oc1ccc(C)cc1. The summed E-state index contributed by atoms with van der Waals surface area (Å²) in [6.45, 7) is 3.92. The van der Waals surface area contributed by atoms with Crippen LogP contribution in [-0.4, -0.2) is 5.90 Å². The van der Waals surface area contributed by atoms with Gasteiger partial charge in [-0.05, 0) is 19.1 Å². The van der Waals surface area contributed by atoms with Gasteiger partial charge in [-0.1, -0.05) is 24.6 Å². The number of benzene rings is 1. The average molecular weight is 163 g/mol. The van der Waals surface area contributed by atoms with Crippen molar-refractivity contribution in [3.05, 3.63) is 29.8 Å². The van der Waals surface area contributed by atoms with E-state index in [1.54, 1.807) is 0 Å². The normalized spacial score (nSPS) is 9.50. The Labute approximate surface area is 72.7 Å². The smallest absolute Gasteiger partial charge is 0.187 e. The van der Waals surface area contributed by atoms with Gasteiger partial charge in [-0.15, -0.1) is 0 Å². The molecule has 0 atom stereocenters. The van der Waals surface area contributed by atoms with Crippen molar-refractivity contribution < 1.29 is 4.74 Å². The van der Waals surface area contributed by atoms with Crippen molar-refractivity contribution in [1.82, 2.24) is 0 Å². The third-order valence-corrected chi connectivity index (χ3v) is 1.58. The molecule has 0 spiro atoms. The van der Waals surface area contributed by atoms with Crippen molar-refractivity contribution in [2.45, 2.75) is 20.3 Å². The van der Waals surface area contributed by atoms with Gasteiger partial charge in [0.05, 0.1) is 0 Å². The van der Waals surface area contributed by atoms with Gasteiger partial charge in [0.1, 0.15) is 5.75 Å². The van der Waals surface area contributed by atoms with Crippen LogP contribution in [0.25, 0.3) is 0 Å². The van der Waals surface area contributed by atoms with Gasteiger partial charge in [-0.2, -0.15) is 0 Å². The highest BCUT2D eigenvalue weighted by atomic mass is 16.5. The second kappa shape index (κ2) is 3.90. The van der Waals surface area contributed by atoms with E-state index >= 15 is 0 Å². The van der Waals surface area contributed by atoms with E-state index in [1.165, 1.54) is 5.56 Å². The van der Waals surface area contributed by atoms with E-state index < -0.39 is 0 Å². The highest BCUT2D eigenvalue weighted by Gasteiger charge is 1.95. The molecule has 12 heavy (non-hydrogen) atoms. The van der Waals surface area contributed by atoms with Crippen molar-refractivity contribution in [1.29, 1.82) is 5.41 Å². The second-order valence-electron chi connectivity index (χ2n) is 2.69. The van der Waals surface area contributed by atoms with Crippen LogP contribution in [0, 0.1) is 12.3 Å². The Morgan fingerprint density at radius 1 is 1.33 bits per heavy atom. The van der Waals surface area contributed by atoms with Crippen LogP contribution in [0.15, 0.2) is 24.3 Å². The molecule has 0 aliphatic heterocycles. The second-order valence-corrected chi connectivity index (χ2v) is 2.69. The highest BCUT2D eigenvalue weighted by molar-refractivity contribution is 5.74. The van der Waals surface area contributed by atoms with Crippen LogP contribution in [0.1, 0.15) is 18.9 Å². The van der Waals surface area contributed by atoms with E-state index in [9.17, 15) is 0 Å². The summed E-state index contributed by atoms with van der Waals surface area (Å²) in [5.41, 5.74) is 1.20. The van der Waals surface area contributed by atoms with Crippen LogP contribution in [0.4, 0.5) is 0 Å². The molecule has 0 fully saturated rings. The molecule has 2 heteroatoms. The third-order valence-electron chi connectivity index (χ3n) is 1.58. The standard InChI is InChI=1S/C10H13NO/c1-3-10(11)12-9-6-4-8(2)5-7-9/h4-7,11H,3H2,1-2H3. The molecule has 0 heterocycles. The Kier molecular flexibility index (Phi) is 2.86. The molecule has 1 N–H and O–H groups in total. The molecule has 0 saturated heterocycles. The molecular weight excluding hydrogens is 150 g/mol. The van der Waals surface area contributed by atoms with Gasteiger partial charge in [0.25, 0.3) is 0 Å². The first-order valence-corrected chi connectivity index (χ1v) is 4.04. The topological polar surface area (TPSA) is 33.1 Å². The van der Waals surface area contributed by atoms with Crippen molar-refractivity contribution in [3.63, 3.8) is 0 Å². The zero-order valence-corrected chi connectivity index (χ0v) is 7.42. The number of hydrogen-bond donors (Lipinski definition) is 1. The molecule has 0 aliphatic carbocycles. The summed E-state index contributed by atoms with van der Waals surface area (Å²) in [6, 6.07) is 7.69. The first kappa shape index (κ1) is 8.78. The first-order chi connectivity index (χ1) is 5.72. The Bertz CT molecular complexity index is 264. The van der Waals surface area contributed by atoms with Crippen LogP contribution < -0.4 is 4.74 Å². The van der Waals surface area contributed by atoms with Gasteiger partial charge < -0.3 is 4.74 Å². The molecule has 1 aromatic rings. The van der Waals surface area contributed by atoms with Crippen molar-refractivity contribution in [2.75, 3.05) is 0 Å². The molecule has 0 bridgehead atoms. The summed E-state index contributed by atoms with van der Waals surface area (Å²) in [5.74, 6) is 1.05. The molecular formula is C10H13NO. The fourth-order valence-electron chi connectivity index (χ4n) is 0.821. The average Bonchev–Trinajstić information content (AvgIpc) is 2.09. The molecule has 0 unspecified atom stereocenters. The summed E-state index contributed by atoms with van der Waals surface area (Å²) in [7, 11) is 0. The van der Waals surface area contributed by atoms with Gasteiger partial charge in [0.15, 0.2) is 5.90 Å². The minimum Gasteiger partial charge on any atom is -0.444 e. The zero-order valence-electron chi connectivity index (χ0n) is 7.42. The first-order valence-electron chi connectivity index (χ1n) is 4.04. The summed E-state index contributed by atoms with van der Waals surface area (Å²) in [4.78, 5) is 0. The lowest BCUT2D eigenvalue weighted by Gasteiger charge is -2.04. The molecule has 1 aromatic carbocycles. The molecule has 64 valence electrons. The Morgan fingerprint density at radius 2 is 1.92 bits per heavy atom. The number of rotatable bonds is 2. The zero-order chi connectivity index (χ0) is 8.97. The lowest BCUT2D eigenvalue weighted by atomic mass is 10.2. The molecule has 0 aliphatic rings. The number of nitrogens with one attached hydrogen (secondary N) is 1. The highest BCUT2D eigenvalue weighted by Crippen LogP contribution is 2.11. The Morgan fingerprint density at radius 3 is 2.42 bits per heavy atom. The van der Waals surface area contributed by atoms with Crippen LogP contribution in [0.5, 0.6) is 5.75 Å². The van der Waals surface area contributed by atoms with Gasteiger partial charge in [0.2, 0.25) is 0 Å². The van der Waals surface area contributed by atoms with Crippen molar-refractivity contribution in [2.24, 2.45) is 0 Å². The fraction of sp³-hybridized carbons (Fsp3) is 0.300. The van der Waals surface area contributed by atoms with Gasteiger partial charge >= 0.3 is 0 Å². The third kappa shape index (κ3) is 2.38. The lowest BCUT2D eigenvalue weighted by molar-refractivity contribution is 0.530. The van der Waals surface area contributed by atoms with E-state index in [-0.39, 0.29) is 0 Å². The maximum atomic E-state index is 7.31. The summed E-state index contributed by atoms with van der Waals surface area (Å²) >= 11 is 0. The predicted molar refractivity (Wildman–Crippen MR) is 49.8 cm³/mol. The fourth-order valence-corrected chi connectivity index (χ4v) is 0.821. The summed E-state index contributed by atoms with van der Waals surface area (Å²) in [5, 5.41) is 7.31. The van der Waals surface area contributed by atoms with Crippen molar-refractivity contribution in [3.8, 4) is 5.75 Å². The van der Waals surface area contributed by atoms with E-state index in [0.29, 0.717) is 12.3 Å². The van der Waals surface area contributed by atoms with Crippen molar-refractivity contribution >= 4 is 5.90 Å². The minimum atomic E-state index is 0.304. The van der Waals surface area contributed by atoms with Gasteiger partial charge in [0, 0.05) is 6.42 Å². The Hall–Kier alpha value is -1.31. The predicted octanol–water partition coefficient (Wildman–Crippen LogP) is 2.76. The molecule has 1 rings (SSSR count). The molecule has 0 aromatic heterocycles. The van der Waals surface area contributed by atoms with E-state index in [4.69, 9.17) is 10.1 Å². The van der Waals surface area contributed by atoms with E-state index in [2.05, 4.69) is 0 Å². The minimum absolute atomic E-state index is 0.304. The maximum Gasteiger partial charge on any atom is 0.187 e. The Balaban J connectivity index is 2.64. The molecule has 0 amide bonds. The quantitative estimate of drug-likeness (QED) is 0.527. The van der Waals surface area contributed by atoms with Crippen LogP contribution >= 0.6 is 0 Å². The summed E-state index contributed by atoms with van der Waals surface area (Å²) in [6.07, 6.45) is 0.633. The van der Waals surface area contributed by atoms with Crippen LogP contribution in [0.2, 0.25) is 0 Å². The maximum absolute atomic E-state index is 7.31. The van der Waals surface area contributed by atoms with Gasteiger partial charge in [-0.25, -0.2) is 0 Å². The van der Waals surface area contributed by atoms with Gasteiger partial charge in [-0.3, -0.25) is 5.41 Å². The summed E-state index contributed by atoms with van der Waals surface area (Å²) < 4.78 is 5.20.